The van der Waals surface area contributed by atoms with Crippen LogP contribution < -0.4 is 4.74 Å². The number of phenolic OH excluding ortho intramolecular Hbond substituents is 2. The van der Waals surface area contributed by atoms with Gasteiger partial charge in [0.1, 0.15) is 23.9 Å². The van der Waals surface area contributed by atoms with Crippen molar-refractivity contribution in [1.29, 1.82) is 0 Å². The van der Waals surface area contributed by atoms with Gasteiger partial charge in [-0.3, -0.25) is 4.90 Å². The maximum Gasteiger partial charge on any atom is 0.119 e. The summed E-state index contributed by atoms with van der Waals surface area (Å²) in [7, 11) is 0. The molecule has 0 spiro atoms. The van der Waals surface area contributed by atoms with E-state index in [9.17, 15) is 10.2 Å². The molecule has 6 nitrogen and oxygen atoms in total. The van der Waals surface area contributed by atoms with Crippen LogP contribution in [0, 0.1) is 6.92 Å². The van der Waals surface area contributed by atoms with Crippen molar-refractivity contribution in [3.8, 4) is 45.5 Å². The number of piperidine rings is 1. The Morgan fingerprint density at radius 3 is 1.89 bits per heavy atom. The summed E-state index contributed by atoms with van der Waals surface area (Å²) in [6.45, 7) is 6.06. The highest BCUT2D eigenvalue weighted by Crippen LogP contribution is 2.35. The lowest BCUT2D eigenvalue weighted by Crippen LogP contribution is -2.33. The fourth-order valence-corrected chi connectivity index (χ4v) is 4.69. The number of phenols is 2. The van der Waals surface area contributed by atoms with Gasteiger partial charge in [0.05, 0.1) is 17.1 Å². The molecule has 1 aliphatic rings. The molecule has 204 valence electrons. The highest BCUT2D eigenvalue weighted by Gasteiger charge is 2.19. The number of aromatic nitrogens is 2. The number of nitrogens with zero attached hydrogens (tertiary/aromatic N) is 3. The van der Waals surface area contributed by atoms with E-state index in [1.807, 2.05) is 41.1 Å². The normalized spacial score (nSPS) is 13.1. The molecule has 4 aromatic rings. The molecule has 2 N–H and O–H groups in total. The van der Waals surface area contributed by atoms with Crippen LogP contribution in [0.15, 0.2) is 72.8 Å². The second-order valence-electron chi connectivity index (χ2n) is 9.07. The zero-order valence-corrected chi connectivity index (χ0v) is 23.7. The zero-order chi connectivity index (χ0) is 24.2. The summed E-state index contributed by atoms with van der Waals surface area (Å²) in [6.07, 6.45) is 3.91. The predicted octanol–water partition coefficient (Wildman–Crippen LogP) is 7.06. The number of rotatable bonds is 7. The molecule has 38 heavy (non-hydrogen) atoms. The quantitative estimate of drug-likeness (QED) is 0.246. The summed E-state index contributed by atoms with van der Waals surface area (Å²) >= 11 is 0. The Morgan fingerprint density at radius 1 is 0.737 bits per heavy atom. The average Bonchev–Trinajstić information content (AvgIpc) is 3.23. The van der Waals surface area contributed by atoms with Crippen molar-refractivity contribution >= 4 is 37.2 Å². The third kappa shape index (κ3) is 7.14. The van der Waals surface area contributed by atoms with E-state index in [1.54, 1.807) is 24.3 Å². The Kier molecular flexibility index (Phi) is 11.8. The molecule has 0 atom stereocenters. The third-order valence-corrected chi connectivity index (χ3v) is 6.61. The van der Waals surface area contributed by atoms with Gasteiger partial charge in [0.25, 0.3) is 0 Å². The molecule has 0 amide bonds. The molecule has 1 aliphatic heterocycles. The van der Waals surface area contributed by atoms with Crippen molar-refractivity contribution in [2.45, 2.75) is 26.2 Å². The van der Waals surface area contributed by atoms with E-state index in [-0.39, 0.29) is 48.7 Å². The minimum atomic E-state index is 0. The van der Waals surface area contributed by atoms with Crippen molar-refractivity contribution in [2.24, 2.45) is 0 Å². The number of benzene rings is 3. The predicted molar refractivity (Wildman–Crippen MR) is 160 cm³/mol. The molecule has 0 aliphatic carbocycles. The molecule has 0 saturated carbocycles. The molecule has 9 heteroatoms. The molecule has 5 rings (SSSR count). The Hall–Kier alpha value is -2.90. The van der Waals surface area contributed by atoms with Gasteiger partial charge in [0.15, 0.2) is 0 Å². The van der Waals surface area contributed by atoms with Gasteiger partial charge >= 0.3 is 0 Å². The summed E-state index contributed by atoms with van der Waals surface area (Å²) in [5.74, 6) is 1.29. The summed E-state index contributed by atoms with van der Waals surface area (Å²) < 4.78 is 7.93. The minimum Gasteiger partial charge on any atom is -0.508 e. The van der Waals surface area contributed by atoms with Crippen LogP contribution in [-0.4, -0.2) is 51.1 Å². The number of ether oxygens (including phenoxy) is 1. The van der Waals surface area contributed by atoms with Crippen molar-refractivity contribution in [2.75, 3.05) is 26.2 Å². The first kappa shape index (κ1) is 31.3. The molecule has 1 saturated heterocycles. The summed E-state index contributed by atoms with van der Waals surface area (Å²) in [4.78, 5) is 2.47. The van der Waals surface area contributed by atoms with Crippen LogP contribution in [0.1, 0.15) is 24.8 Å². The molecule has 0 bridgehead atoms. The molecule has 2 heterocycles. The van der Waals surface area contributed by atoms with Crippen LogP contribution in [0.3, 0.4) is 0 Å². The van der Waals surface area contributed by atoms with Crippen molar-refractivity contribution < 1.29 is 14.9 Å². The molecular weight excluding hydrogens is 545 g/mol. The molecule has 0 unspecified atom stereocenters. The Balaban J connectivity index is 0.00000169. The number of aromatic hydroxyl groups is 2. The first-order valence-electron chi connectivity index (χ1n) is 12.2. The van der Waals surface area contributed by atoms with Gasteiger partial charge in [-0.2, -0.15) is 5.10 Å². The van der Waals surface area contributed by atoms with Gasteiger partial charge in [-0.15, -0.1) is 37.2 Å². The van der Waals surface area contributed by atoms with Gasteiger partial charge < -0.3 is 14.9 Å². The fourth-order valence-electron chi connectivity index (χ4n) is 4.69. The monoisotopic (exact) mass is 577 g/mol. The first-order chi connectivity index (χ1) is 17.1. The fraction of sp³-hybridized carbons (Fsp3) is 0.276. The van der Waals surface area contributed by atoms with Crippen LogP contribution in [0.5, 0.6) is 17.2 Å². The maximum absolute atomic E-state index is 9.77. The molecule has 1 fully saturated rings. The van der Waals surface area contributed by atoms with Crippen LogP contribution in [0.4, 0.5) is 0 Å². The molecule has 0 radical (unpaired) electrons. The van der Waals surface area contributed by atoms with E-state index in [2.05, 4.69) is 24.0 Å². The largest absolute Gasteiger partial charge is 0.508 e. The number of hydrogen-bond donors (Lipinski definition) is 2. The molecule has 3 aromatic carbocycles. The lowest BCUT2D eigenvalue weighted by Gasteiger charge is -2.26. The van der Waals surface area contributed by atoms with Gasteiger partial charge in [-0.05, 0) is 106 Å². The SMILES string of the molecule is Cc1c(-c2ccc(O)cc2)nn(-c2ccc(O)cc2)c1-c1ccc(OCCN2CCCCC2)cc1.Cl.Cl.Cl. The third-order valence-electron chi connectivity index (χ3n) is 6.61. The summed E-state index contributed by atoms with van der Waals surface area (Å²) in [6, 6.07) is 22.3. The maximum atomic E-state index is 9.77. The van der Waals surface area contributed by atoms with Gasteiger partial charge in [0, 0.05) is 23.2 Å². The molecular formula is C29H34Cl3N3O3. The zero-order valence-electron chi connectivity index (χ0n) is 21.2. The van der Waals surface area contributed by atoms with Gasteiger partial charge in [0.2, 0.25) is 0 Å². The summed E-state index contributed by atoms with van der Waals surface area (Å²) in [5.41, 5.74) is 5.65. The minimum absolute atomic E-state index is 0. The summed E-state index contributed by atoms with van der Waals surface area (Å²) in [5, 5.41) is 24.4. The lowest BCUT2D eigenvalue weighted by atomic mass is 10.0. The second kappa shape index (κ2) is 14.3. The second-order valence-corrected chi connectivity index (χ2v) is 9.07. The van der Waals surface area contributed by atoms with E-state index in [0.717, 1.165) is 46.1 Å². The number of halogens is 3. The lowest BCUT2D eigenvalue weighted by molar-refractivity contribution is 0.183. The van der Waals surface area contributed by atoms with E-state index in [1.165, 1.54) is 32.4 Å². The van der Waals surface area contributed by atoms with Crippen molar-refractivity contribution in [3.05, 3.63) is 78.4 Å². The number of likely N-dealkylation sites (tertiary alicyclic amines) is 1. The number of hydrogen-bond acceptors (Lipinski definition) is 5. The van der Waals surface area contributed by atoms with E-state index in [0.29, 0.717) is 6.61 Å². The van der Waals surface area contributed by atoms with Crippen molar-refractivity contribution in [1.82, 2.24) is 14.7 Å². The van der Waals surface area contributed by atoms with E-state index < -0.39 is 0 Å². The van der Waals surface area contributed by atoms with Crippen molar-refractivity contribution in [3.63, 3.8) is 0 Å². The highest BCUT2D eigenvalue weighted by molar-refractivity contribution is 5.86. The Bertz CT molecular complexity index is 1270. The average molecular weight is 579 g/mol. The van der Waals surface area contributed by atoms with E-state index in [4.69, 9.17) is 9.84 Å². The smallest absolute Gasteiger partial charge is 0.119 e. The van der Waals surface area contributed by atoms with Crippen LogP contribution in [0.2, 0.25) is 0 Å². The molecule has 1 aromatic heterocycles. The highest BCUT2D eigenvalue weighted by atomic mass is 35.5. The van der Waals surface area contributed by atoms with Gasteiger partial charge in [-0.1, -0.05) is 6.42 Å². The first-order valence-corrected chi connectivity index (χ1v) is 12.2. The topological polar surface area (TPSA) is 70.8 Å². The van der Waals surface area contributed by atoms with Gasteiger partial charge in [-0.25, -0.2) is 4.68 Å². The van der Waals surface area contributed by atoms with E-state index >= 15 is 0 Å². The Labute approximate surface area is 242 Å². The standard InChI is InChI=1S/C29H31N3O3.3ClH/c1-21-28(22-5-11-25(33)12-6-22)30-32(24-9-13-26(34)14-10-24)29(21)23-7-15-27(16-8-23)35-20-19-31-17-3-2-4-18-31;;;/h5-16,33-34H,2-4,17-20H2,1H3;3*1H. The Morgan fingerprint density at radius 2 is 1.29 bits per heavy atom. The van der Waals surface area contributed by atoms with Crippen LogP contribution in [-0.2, 0) is 0 Å². The van der Waals surface area contributed by atoms with Crippen LogP contribution in [0.25, 0.3) is 28.2 Å². The van der Waals surface area contributed by atoms with Crippen LogP contribution >= 0.6 is 37.2 Å².